The van der Waals surface area contributed by atoms with Crippen molar-refractivity contribution in [1.82, 2.24) is 14.7 Å². The van der Waals surface area contributed by atoms with Gasteiger partial charge in [-0.25, -0.2) is 0 Å². The van der Waals surface area contributed by atoms with Gasteiger partial charge < -0.3 is 19.4 Å². The zero-order valence-electron chi connectivity index (χ0n) is 14.4. The number of amides is 1. The molecule has 0 atom stereocenters. The Bertz CT molecular complexity index is 322. The molecular weight excluding hydrogens is 278 g/mol. The number of nitrogens with zero attached hydrogens (tertiary/aromatic N) is 3. The molecule has 1 amide bonds. The lowest BCUT2D eigenvalue weighted by Gasteiger charge is -2.32. The van der Waals surface area contributed by atoms with Crippen LogP contribution in [-0.4, -0.2) is 86.7 Å². The molecule has 0 spiro atoms. The second-order valence-corrected chi connectivity index (χ2v) is 6.78. The molecule has 22 heavy (non-hydrogen) atoms. The Labute approximate surface area is 135 Å². The van der Waals surface area contributed by atoms with Crippen LogP contribution in [0.4, 0.5) is 0 Å². The molecule has 2 aliphatic heterocycles. The van der Waals surface area contributed by atoms with E-state index in [-0.39, 0.29) is 12.5 Å². The summed E-state index contributed by atoms with van der Waals surface area (Å²) in [5.41, 5.74) is 0. The number of likely N-dealkylation sites (tertiary alicyclic amines) is 1. The van der Waals surface area contributed by atoms with Crippen LogP contribution in [0.25, 0.3) is 0 Å². The van der Waals surface area contributed by atoms with E-state index in [1.807, 2.05) is 4.90 Å². The van der Waals surface area contributed by atoms with E-state index in [0.29, 0.717) is 6.61 Å². The van der Waals surface area contributed by atoms with E-state index < -0.39 is 0 Å². The average Bonchev–Trinajstić information content (AvgIpc) is 2.56. The summed E-state index contributed by atoms with van der Waals surface area (Å²) in [5.74, 6) is 0.989. The molecule has 0 aromatic rings. The maximum atomic E-state index is 12.1. The first-order chi connectivity index (χ1) is 10.7. The Morgan fingerprint density at radius 3 is 2.41 bits per heavy atom. The number of piperazine rings is 1. The first-order valence-corrected chi connectivity index (χ1v) is 8.95. The molecule has 5 nitrogen and oxygen atoms in total. The van der Waals surface area contributed by atoms with E-state index in [1.165, 1.54) is 6.42 Å². The number of hydrogen-bond acceptors (Lipinski definition) is 4. The van der Waals surface area contributed by atoms with Gasteiger partial charge in [0.05, 0.1) is 0 Å². The number of rotatable bonds is 7. The fraction of sp³-hybridized carbons (Fsp3) is 0.941. The third-order valence-electron chi connectivity index (χ3n) is 5.13. The molecule has 2 heterocycles. The summed E-state index contributed by atoms with van der Waals surface area (Å²) >= 11 is 0. The zero-order valence-corrected chi connectivity index (χ0v) is 14.4. The number of carbonyl (C=O) groups is 1. The van der Waals surface area contributed by atoms with Gasteiger partial charge in [0.2, 0.25) is 5.91 Å². The van der Waals surface area contributed by atoms with Crippen molar-refractivity contribution in [2.45, 2.75) is 32.6 Å². The Morgan fingerprint density at radius 1 is 1.09 bits per heavy atom. The molecular formula is C17H33N3O2. The molecule has 0 bridgehead atoms. The smallest absolute Gasteiger partial charge is 0.248 e. The van der Waals surface area contributed by atoms with E-state index in [4.69, 9.17) is 4.74 Å². The summed E-state index contributed by atoms with van der Waals surface area (Å²) in [7, 11) is 2.18. The van der Waals surface area contributed by atoms with Crippen LogP contribution < -0.4 is 0 Å². The van der Waals surface area contributed by atoms with Gasteiger partial charge in [-0.3, -0.25) is 4.79 Å². The topological polar surface area (TPSA) is 36.0 Å². The summed E-state index contributed by atoms with van der Waals surface area (Å²) in [4.78, 5) is 18.9. The highest BCUT2D eigenvalue weighted by Crippen LogP contribution is 2.19. The zero-order chi connectivity index (χ0) is 15.8. The van der Waals surface area contributed by atoms with Crippen molar-refractivity contribution in [3.8, 4) is 0 Å². The summed E-state index contributed by atoms with van der Waals surface area (Å²) in [6, 6.07) is 0. The highest BCUT2D eigenvalue weighted by Gasteiger charge is 2.21. The number of ether oxygens (including phenoxy) is 1. The third kappa shape index (κ3) is 5.86. The Morgan fingerprint density at radius 2 is 1.77 bits per heavy atom. The molecule has 2 rings (SSSR count). The predicted molar refractivity (Wildman–Crippen MR) is 89.0 cm³/mol. The lowest BCUT2D eigenvalue weighted by molar-refractivity contribution is -0.137. The largest absolute Gasteiger partial charge is 0.372 e. The van der Waals surface area contributed by atoms with E-state index in [0.717, 1.165) is 71.0 Å². The van der Waals surface area contributed by atoms with Crippen LogP contribution in [0, 0.1) is 5.92 Å². The Hall–Kier alpha value is -0.650. The van der Waals surface area contributed by atoms with Crippen molar-refractivity contribution in [2.75, 3.05) is 66.1 Å². The first-order valence-electron chi connectivity index (χ1n) is 8.95. The normalized spacial score (nSPS) is 22.2. The SMILES string of the molecule is CCC1CCN(C(=O)COCCCN2CCN(C)CC2)CC1. The summed E-state index contributed by atoms with van der Waals surface area (Å²) < 4.78 is 5.59. The minimum absolute atomic E-state index is 0.175. The average molecular weight is 311 g/mol. The summed E-state index contributed by atoms with van der Waals surface area (Å²) in [6.45, 7) is 10.8. The molecule has 2 aliphatic rings. The Kier molecular flexibility index (Phi) is 7.63. The quantitative estimate of drug-likeness (QED) is 0.664. The standard InChI is InChI=1S/C17H33N3O2/c1-3-16-5-8-20(9-6-16)17(21)15-22-14-4-7-19-12-10-18(2)11-13-19/h16H,3-15H2,1-2H3. The second-order valence-electron chi connectivity index (χ2n) is 6.78. The van der Waals surface area contributed by atoms with Crippen LogP contribution >= 0.6 is 0 Å². The molecule has 0 aliphatic carbocycles. The molecule has 5 heteroatoms. The highest BCUT2D eigenvalue weighted by atomic mass is 16.5. The monoisotopic (exact) mass is 311 g/mol. The first kappa shape index (κ1) is 17.7. The van der Waals surface area contributed by atoms with Crippen molar-refractivity contribution in [1.29, 1.82) is 0 Å². The maximum Gasteiger partial charge on any atom is 0.248 e. The fourth-order valence-corrected chi connectivity index (χ4v) is 3.30. The minimum atomic E-state index is 0.175. The number of likely N-dealkylation sites (N-methyl/N-ethyl adjacent to an activating group) is 1. The van der Waals surface area contributed by atoms with Crippen molar-refractivity contribution in [3.63, 3.8) is 0 Å². The van der Waals surface area contributed by atoms with Gasteiger partial charge in [-0.2, -0.15) is 0 Å². The van der Waals surface area contributed by atoms with Crippen LogP contribution in [0.5, 0.6) is 0 Å². The van der Waals surface area contributed by atoms with Gasteiger partial charge in [-0.05, 0) is 32.2 Å². The minimum Gasteiger partial charge on any atom is -0.372 e. The summed E-state index contributed by atoms with van der Waals surface area (Å²) in [5, 5.41) is 0. The van der Waals surface area contributed by atoms with E-state index in [2.05, 4.69) is 23.8 Å². The van der Waals surface area contributed by atoms with Gasteiger partial charge in [-0.1, -0.05) is 13.3 Å². The molecule has 2 saturated heterocycles. The molecule has 2 fully saturated rings. The van der Waals surface area contributed by atoms with Crippen LogP contribution in [-0.2, 0) is 9.53 Å². The van der Waals surface area contributed by atoms with Crippen LogP contribution in [0.3, 0.4) is 0 Å². The van der Waals surface area contributed by atoms with Gasteiger partial charge in [0.1, 0.15) is 6.61 Å². The van der Waals surface area contributed by atoms with E-state index in [1.54, 1.807) is 0 Å². The van der Waals surface area contributed by atoms with E-state index >= 15 is 0 Å². The lowest BCUT2D eigenvalue weighted by Crippen LogP contribution is -2.44. The lowest BCUT2D eigenvalue weighted by atomic mass is 9.94. The summed E-state index contributed by atoms with van der Waals surface area (Å²) in [6.07, 6.45) is 4.58. The van der Waals surface area contributed by atoms with Crippen LogP contribution in [0.15, 0.2) is 0 Å². The fourth-order valence-electron chi connectivity index (χ4n) is 3.30. The van der Waals surface area contributed by atoms with E-state index in [9.17, 15) is 4.79 Å². The number of piperidine rings is 1. The molecule has 0 N–H and O–H groups in total. The van der Waals surface area contributed by atoms with Crippen molar-refractivity contribution < 1.29 is 9.53 Å². The maximum absolute atomic E-state index is 12.1. The van der Waals surface area contributed by atoms with Gasteiger partial charge in [0, 0.05) is 52.4 Å². The van der Waals surface area contributed by atoms with Gasteiger partial charge in [0.15, 0.2) is 0 Å². The van der Waals surface area contributed by atoms with Crippen LogP contribution in [0.1, 0.15) is 32.6 Å². The number of hydrogen-bond donors (Lipinski definition) is 0. The number of carbonyl (C=O) groups excluding carboxylic acids is 1. The highest BCUT2D eigenvalue weighted by molar-refractivity contribution is 5.77. The van der Waals surface area contributed by atoms with Crippen molar-refractivity contribution in [2.24, 2.45) is 5.92 Å². The van der Waals surface area contributed by atoms with Crippen molar-refractivity contribution in [3.05, 3.63) is 0 Å². The van der Waals surface area contributed by atoms with Gasteiger partial charge in [-0.15, -0.1) is 0 Å². The Balaban J connectivity index is 1.49. The molecule has 0 radical (unpaired) electrons. The predicted octanol–water partition coefficient (Wildman–Crippen LogP) is 1.29. The van der Waals surface area contributed by atoms with Crippen LogP contribution in [0.2, 0.25) is 0 Å². The molecule has 0 saturated carbocycles. The molecule has 0 aromatic heterocycles. The molecule has 0 unspecified atom stereocenters. The third-order valence-corrected chi connectivity index (χ3v) is 5.13. The van der Waals surface area contributed by atoms with Gasteiger partial charge >= 0.3 is 0 Å². The molecule has 0 aromatic carbocycles. The van der Waals surface area contributed by atoms with Gasteiger partial charge in [0.25, 0.3) is 0 Å². The second kappa shape index (κ2) is 9.48. The molecule has 128 valence electrons. The van der Waals surface area contributed by atoms with Crippen molar-refractivity contribution >= 4 is 5.91 Å².